The van der Waals surface area contributed by atoms with E-state index in [2.05, 4.69) is 20.7 Å². The summed E-state index contributed by atoms with van der Waals surface area (Å²) in [5, 5.41) is 10.4. The van der Waals surface area contributed by atoms with Crippen LogP contribution in [0.25, 0.3) is 11.3 Å². The van der Waals surface area contributed by atoms with Crippen molar-refractivity contribution in [1.82, 2.24) is 15.1 Å². The maximum atomic E-state index is 14.8. The number of fused-ring (bicyclic) bond motifs is 2. The average molecular weight is 530 g/mol. The number of carbonyl (C=O) groups excluding carboxylic acids is 2. The molecule has 38 heavy (non-hydrogen) atoms. The zero-order chi connectivity index (χ0) is 26.2. The predicted molar refractivity (Wildman–Crippen MR) is 141 cm³/mol. The smallest absolute Gasteiger partial charge is 0.269 e. The Kier molecular flexibility index (Phi) is 6.24. The molecule has 2 amide bonds. The number of halogens is 2. The molecule has 0 spiro atoms. The molecule has 2 aliphatic rings. The van der Waals surface area contributed by atoms with Crippen molar-refractivity contribution < 1.29 is 18.4 Å². The highest BCUT2D eigenvalue weighted by Crippen LogP contribution is 2.36. The first-order valence-corrected chi connectivity index (χ1v) is 13.0. The number of amides is 2. The lowest BCUT2D eigenvalue weighted by Crippen LogP contribution is -2.42. The Morgan fingerprint density at radius 3 is 2.53 bits per heavy atom. The van der Waals surface area contributed by atoms with Crippen molar-refractivity contribution in [2.45, 2.75) is 24.2 Å². The van der Waals surface area contributed by atoms with E-state index in [0.29, 0.717) is 28.4 Å². The van der Waals surface area contributed by atoms with E-state index in [1.54, 1.807) is 41.1 Å². The number of anilines is 1. The number of benzene rings is 3. The van der Waals surface area contributed by atoms with Gasteiger partial charge in [-0.2, -0.15) is 5.10 Å². The monoisotopic (exact) mass is 529 g/mol. The van der Waals surface area contributed by atoms with Gasteiger partial charge in [0.2, 0.25) is 6.17 Å². The Morgan fingerprint density at radius 2 is 1.71 bits per heavy atom. The minimum Gasteiger partial charge on any atom is -0.322 e. The molecular weight excluding hydrogens is 508 g/mol. The minimum absolute atomic E-state index is 0.0117. The van der Waals surface area contributed by atoms with Crippen LogP contribution >= 0.6 is 11.8 Å². The lowest BCUT2D eigenvalue weighted by atomic mass is 10.0. The number of aryl methyl sites for hydroxylation is 1. The lowest BCUT2D eigenvalue weighted by molar-refractivity contribution is -0.117. The van der Waals surface area contributed by atoms with Gasteiger partial charge < -0.3 is 10.6 Å². The molecule has 2 aliphatic heterocycles. The summed E-state index contributed by atoms with van der Waals surface area (Å²) in [6.07, 6.45) is -0.515. The van der Waals surface area contributed by atoms with E-state index in [1.165, 1.54) is 30.0 Å². The number of nitrogens with zero attached hydrogens (tertiary/aromatic N) is 3. The Hall–Kier alpha value is -4.31. The largest absolute Gasteiger partial charge is 0.322 e. The van der Waals surface area contributed by atoms with E-state index >= 15 is 0 Å². The van der Waals surface area contributed by atoms with Gasteiger partial charge in [-0.05, 0) is 24.6 Å². The van der Waals surface area contributed by atoms with Gasteiger partial charge in [0, 0.05) is 29.0 Å². The fourth-order valence-electron chi connectivity index (χ4n) is 4.59. The van der Waals surface area contributed by atoms with Gasteiger partial charge in [-0.25, -0.2) is 13.8 Å². The van der Waals surface area contributed by atoms with Gasteiger partial charge in [-0.15, -0.1) is 11.8 Å². The summed E-state index contributed by atoms with van der Waals surface area (Å²) in [6, 6.07) is 19.6. The third kappa shape index (κ3) is 4.26. The number of thioether (sulfide) groups is 1. The summed E-state index contributed by atoms with van der Waals surface area (Å²) in [4.78, 5) is 31.6. The van der Waals surface area contributed by atoms with Crippen LogP contribution in [-0.2, 0) is 11.3 Å². The topological polar surface area (TPSA) is 88.4 Å². The number of benzodiazepines with no additional fused rings is 1. The van der Waals surface area contributed by atoms with Crippen LogP contribution in [0.15, 0.2) is 82.8 Å². The summed E-state index contributed by atoms with van der Waals surface area (Å²) < 4.78 is 31.3. The number of aromatic nitrogens is 2. The van der Waals surface area contributed by atoms with Gasteiger partial charge in [0.15, 0.2) is 0 Å². The van der Waals surface area contributed by atoms with Gasteiger partial charge in [0.25, 0.3) is 11.8 Å². The normalized spacial score (nSPS) is 16.5. The number of hydrogen-bond donors (Lipinski definition) is 2. The fourth-order valence-corrected chi connectivity index (χ4v) is 5.67. The summed E-state index contributed by atoms with van der Waals surface area (Å²) in [5.74, 6) is -1.67. The first-order chi connectivity index (χ1) is 18.5. The second kappa shape index (κ2) is 9.86. The quantitative estimate of drug-likeness (QED) is 0.395. The van der Waals surface area contributed by atoms with E-state index in [0.717, 1.165) is 12.2 Å². The van der Waals surface area contributed by atoms with Crippen LogP contribution < -0.4 is 10.6 Å². The highest BCUT2D eigenvalue weighted by atomic mass is 32.2. The van der Waals surface area contributed by atoms with Crippen LogP contribution in [0.1, 0.15) is 27.9 Å². The number of aliphatic imine (C=N–C) groups is 1. The van der Waals surface area contributed by atoms with E-state index < -0.39 is 29.6 Å². The number of carbonyl (C=O) groups is 2. The molecule has 0 saturated heterocycles. The fraction of sp³-hybridized carbons (Fsp3) is 0.143. The SMILES string of the molecule is O=C(N[C@H]1N=C(c2ccccc2)c2cccc(F)c2NC1=O)c1c(-c2ccccc2F)nn2c1SCCC2. The van der Waals surface area contributed by atoms with Crippen LogP contribution in [0.4, 0.5) is 14.5 Å². The molecule has 3 aromatic carbocycles. The van der Waals surface area contributed by atoms with Gasteiger partial charge in [-0.3, -0.25) is 14.3 Å². The molecule has 3 heterocycles. The molecule has 0 unspecified atom stereocenters. The molecule has 1 aromatic heterocycles. The summed E-state index contributed by atoms with van der Waals surface area (Å²) >= 11 is 1.45. The van der Waals surface area contributed by atoms with Gasteiger partial charge in [-0.1, -0.05) is 54.6 Å². The molecule has 190 valence electrons. The van der Waals surface area contributed by atoms with E-state index in [9.17, 15) is 18.4 Å². The van der Waals surface area contributed by atoms with Crippen molar-refractivity contribution in [3.63, 3.8) is 0 Å². The zero-order valence-corrected chi connectivity index (χ0v) is 20.8. The Bertz CT molecular complexity index is 1600. The van der Waals surface area contributed by atoms with Gasteiger partial charge >= 0.3 is 0 Å². The van der Waals surface area contributed by atoms with Crippen molar-refractivity contribution in [2.24, 2.45) is 4.99 Å². The molecule has 0 radical (unpaired) electrons. The molecule has 0 saturated carbocycles. The van der Waals surface area contributed by atoms with Crippen LogP contribution in [0.5, 0.6) is 0 Å². The van der Waals surface area contributed by atoms with Gasteiger partial charge in [0.1, 0.15) is 22.4 Å². The van der Waals surface area contributed by atoms with E-state index in [-0.39, 0.29) is 22.5 Å². The Balaban J connectivity index is 1.44. The summed E-state index contributed by atoms with van der Waals surface area (Å²) in [7, 11) is 0. The predicted octanol–water partition coefficient (Wildman–Crippen LogP) is 4.87. The number of nitrogens with one attached hydrogen (secondary N) is 2. The molecule has 2 N–H and O–H groups in total. The van der Waals surface area contributed by atoms with Crippen molar-refractivity contribution in [3.8, 4) is 11.3 Å². The molecule has 7 nitrogen and oxygen atoms in total. The molecule has 0 bridgehead atoms. The third-order valence-electron chi connectivity index (χ3n) is 6.35. The van der Waals surface area contributed by atoms with Crippen LogP contribution in [0, 0.1) is 11.6 Å². The third-order valence-corrected chi connectivity index (χ3v) is 7.53. The molecule has 4 aromatic rings. The highest BCUT2D eigenvalue weighted by molar-refractivity contribution is 7.99. The number of para-hydroxylation sites is 1. The first-order valence-electron chi connectivity index (χ1n) is 12.0. The average Bonchev–Trinajstić information content (AvgIpc) is 3.25. The van der Waals surface area contributed by atoms with Crippen LogP contribution in [-0.4, -0.2) is 39.2 Å². The summed E-state index contributed by atoms with van der Waals surface area (Å²) in [5.41, 5.74) is 1.95. The van der Waals surface area contributed by atoms with Crippen molar-refractivity contribution >= 4 is 35.0 Å². The minimum atomic E-state index is -1.37. The van der Waals surface area contributed by atoms with E-state index in [4.69, 9.17) is 0 Å². The maximum absolute atomic E-state index is 14.8. The molecule has 1 atom stereocenters. The second-order valence-electron chi connectivity index (χ2n) is 8.81. The number of rotatable bonds is 4. The van der Waals surface area contributed by atoms with Gasteiger partial charge in [0.05, 0.1) is 17.0 Å². The Labute approximate surface area is 221 Å². The first kappa shape index (κ1) is 24.1. The summed E-state index contributed by atoms with van der Waals surface area (Å²) in [6.45, 7) is 0.589. The standard InChI is InChI=1S/C28H21F2N5O2S/c29-19-12-5-4-10-17(19)24-21(28-35(34-24)14-7-15-38-28)26(36)33-25-27(37)32-23-18(11-6-13-20(23)30)22(31-25)16-8-2-1-3-9-16/h1-6,8-13,25H,7,14-15H2,(H,32,37)(H,33,36)/t25-/m1/s1. The van der Waals surface area contributed by atoms with Crippen molar-refractivity contribution in [2.75, 3.05) is 11.1 Å². The molecule has 6 rings (SSSR count). The molecule has 0 fully saturated rings. The maximum Gasteiger partial charge on any atom is 0.269 e. The zero-order valence-electron chi connectivity index (χ0n) is 19.9. The molecule has 10 heteroatoms. The number of hydrogen-bond acceptors (Lipinski definition) is 5. The molecular formula is C28H21F2N5O2S. The second-order valence-corrected chi connectivity index (χ2v) is 9.89. The lowest BCUT2D eigenvalue weighted by Gasteiger charge is -2.16. The Morgan fingerprint density at radius 1 is 0.974 bits per heavy atom. The van der Waals surface area contributed by atoms with Crippen LogP contribution in [0.2, 0.25) is 0 Å². The molecule has 0 aliphatic carbocycles. The highest BCUT2D eigenvalue weighted by Gasteiger charge is 2.33. The van der Waals surface area contributed by atoms with E-state index in [1.807, 2.05) is 18.2 Å². The van der Waals surface area contributed by atoms with Crippen molar-refractivity contribution in [1.29, 1.82) is 0 Å². The van der Waals surface area contributed by atoms with Crippen molar-refractivity contribution in [3.05, 3.63) is 101 Å². The van der Waals surface area contributed by atoms with Crippen LogP contribution in [0.3, 0.4) is 0 Å².